The number of benzene rings is 3. The Hall–Kier alpha value is -2.52. The fourth-order valence-corrected chi connectivity index (χ4v) is 6.13. The number of nitrogens with one attached hydrogen (secondary N) is 2. The van der Waals surface area contributed by atoms with Gasteiger partial charge >= 0.3 is 15.2 Å². The number of hydrogen-bond acceptors (Lipinski definition) is 4. The van der Waals surface area contributed by atoms with Crippen LogP contribution in [0.5, 0.6) is 0 Å². The summed E-state index contributed by atoms with van der Waals surface area (Å²) in [7, 11) is -3.87. The number of rotatable bonds is 6. The quantitative estimate of drug-likeness (QED) is 0.301. The molecule has 0 atom stereocenters. The Balaban J connectivity index is 1.64. The molecular weight excluding hydrogens is 477 g/mol. The van der Waals surface area contributed by atoms with Crippen LogP contribution in [0, 0.1) is 0 Å². The van der Waals surface area contributed by atoms with Crippen LogP contribution >= 0.6 is 35.0 Å². The van der Waals surface area contributed by atoms with E-state index in [9.17, 15) is 13.2 Å². The van der Waals surface area contributed by atoms with Gasteiger partial charge < -0.3 is 5.32 Å². The second-order valence-corrected chi connectivity index (χ2v) is 10.1. The first-order valence-electron chi connectivity index (χ1n) is 9.07. The van der Waals surface area contributed by atoms with Crippen molar-refractivity contribution in [1.29, 1.82) is 0 Å². The highest BCUT2D eigenvalue weighted by molar-refractivity contribution is 8.00. The molecule has 0 aliphatic rings. The van der Waals surface area contributed by atoms with Gasteiger partial charge in [-0.3, -0.25) is 4.79 Å². The molecule has 0 unspecified atom stereocenters. The highest BCUT2D eigenvalue weighted by Gasteiger charge is 2.31. The number of carbonyl (C=O) groups excluding carboxylic acids is 1. The zero-order valence-electron chi connectivity index (χ0n) is 15.9. The van der Waals surface area contributed by atoms with Gasteiger partial charge in [0.1, 0.15) is 4.90 Å². The highest BCUT2D eigenvalue weighted by Crippen LogP contribution is 2.24. The van der Waals surface area contributed by atoms with E-state index in [4.69, 9.17) is 23.2 Å². The monoisotopic (exact) mass is 492 g/mol. The summed E-state index contributed by atoms with van der Waals surface area (Å²) in [6.45, 7) is 0. The van der Waals surface area contributed by atoms with Crippen LogP contribution in [0.3, 0.4) is 0 Å². The van der Waals surface area contributed by atoms with E-state index in [2.05, 4.69) is 10.3 Å². The minimum Gasteiger partial charge on any atom is -0.325 e. The number of nitrogens with zero attached hydrogens (tertiary/aromatic N) is 1. The zero-order chi connectivity index (χ0) is 22.0. The van der Waals surface area contributed by atoms with E-state index in [1.54, 1.807) is 54.6 Å². The number of halogens is 2. The fourth-order valence-electron chi connectivity index (χ4n) is 3.02. The predicted octanol–water partition coefficient (Wildman–Crippen LogP) is 4.73. The number of para-hydroxylation sites is 2. The van der Waals surface area contributed by atoms with Crippen molar-refractivity contribution in [2.75, 3.05) is 11.1 Å². The lowest BCUT2D eigenvalue weighted by Crippen LogP contribution is -2.44. The van der Waals surface area contributed by atoms with Crippen LogP contribution in [0.15, 0.2) is 82.8 Å². The van der Waals surface area contributed by atoms with Gasteiger partial charge in [0.25, 0.3) is 0 Å². The van der Waals surface area contributed by atoms with E-state index < -0.39 is 10.0 Å². The summed E-state index contributed by atoms with van der Waals surface area (Å²) in [6.07, 6.45) is 0. The molecule has 0 radical (unpaired) electrons. The summed E-state index contributed by atoms with van der Waals surface area (Å²) < 4.78 is 27.9. The summed E-state index contributed by atoms with van der Waals surface area (Å²) >= 11 is 13.0. The third-order valence-electron chi connectivity index (χ3n) is 4.32. The van der Waals surface area contributed by atoms with Crippen LogP contribution in [0.2, 0.25) is 10.0 Å². The molecule has 4 aromatic rings. The van der Waals surface area contributed by atoms with Crippen LogP contribution in [0.4, 0.5) is 5.69 Å². The van der Waals surface area contributed by atoms with Crippen molar-refractivity contribution in [3.63, 3.8) is 0 Å². The molecule has 3 aromatic carbocycles. The number of hydrogen-bond donors (Lipinski definition) is 2. The Bertz CT molecular complexity index is 1350. The second kappa shape index (κ2) is 8.92. The molecule has 0 aliphatic heterocycles. The molecule has 0 saturated heterocycles. The Labute approximate surface area is 193 Å². The van der Waals surface area contributed by atoms with Gasteiger partial charge in [-0.05, 0) is 54.2 Å². The number of fused-ring (bicyclic) bond motifs is 1. The number of aromatic amines is 1. The Morgan fingerprint density at radius 3 is 2.32 bits per heavy atom. The molecule has 31 heavy (non-hydrogen) atoms. The minimum absolute atomic E-state index is 0.0265. The lowest BCUT2D eigenvalue weighted by molar-refractivity contribution is -0.526. The molecule has 0 saturated carbocycles. The van der Waals surface area contributed by atoms with E-state index >= 15 is 0 Å². The van der Waals surface area contributed by atoms with Crippen LogP contribution in [0.1, 0.15) is 0 Å². The van der Waals surface area contributed by atoms with Crippen LogP contribution in [-0.4, -0.2) is 25.1 Å². The molecule has 6 nitrogen and oxygen atoms in total. The number of anilines is 1. The molecule has 0 aliphatic carbocycles. The Morgan fingerprint density at radius 2 is 1.61 bits per heavy atom. The number of H-pyrrole nitrogens is 1. The lowest BCUT2D eigenvalue weighted by Gasteiger charge is -2.06. The average molecular weight is 493 g/mol. The third kappa shape index (κ3) is 4.72. The van der Waals surface area contributed by atoms with Gasteiger partial charge in [0, 0.05) is 15.7 Å². The molecule has 1 amide bonds. The van der Waals surface area contributed by atoms with E-state index in [0.717, 1.165) is 11.8 Å². The molecular formula is C21H16Cl2N3O3S2+. The molecule has 1 aromatic heterocycles. The molecule has 2 N–H and O–H groups in total. The zero-order valence-corrected chi connectivity index (χ0v) is 19.0. The van der Waals surface area contributed by atoms with Gasteiger partial charge in [0.05, 0.1) is 5.75 Å². The van der Waals surface area contributed by atoms with Crippen LogP contribution < -0.4 is 9.29 Å². The summed E-state index contributed by atoms with van der Waals surface area (Å²) in [5.41, 5.74) is 1.60. The number of carbonyl (C=O) groups is 1. The van der Waals surface area contributed by atoms with Gasteiger partial charge in [-0.25, -0.2) is 4.98 Å². The van der Waals surface area contributed by atoms with Crippen molar-refractivity contribution in [2.24, 2.45) is 0 Å². The largest absolute Gasteiger partial charge is 0.336 e. The summed E-state index contributed by atoms with van der Waals surface area (Å²) in [4.78, 5) is 15.7. The summed E-state index contributed by atoms with van der Waals surface area (Å²) in [6, 6.07) is 19.9. The predicted molar refractivity (Wildman–Crippen MR) is 123 cm³/mol. The first kappa shape index (κ1) is 21.7. The topological polar surface area (TPSA) is 82.9 Å². The van der Waals surface area contributed by atoms with Crippen molar-refractivity contribution in [3.05, 3.63) is 82.8 Å². The Kier molecular flexibility index (Phi) is 6.24. The maximum Gasteiger partial charge on any atom is 0.336 e. The van der Waals surface area contributed by atoms with E-state index in [-0.39, 0.29) is 16.6 Å². The Morgan fingerprint density at radius 1 is 0.968 bits per heavy atom. The fraction of sp³-hybridized carbons (Fsp3) is 0.0476. The molecule has 158 valence electrons. The second-order valence-electron chi connectivity index (χ2n) is 6.52. The maximum atomic E-state index is 13.3. The SMILES string of the molecule is O=C(CSc1[nH]c2ccccc2[n+]1S(=O)(=O)c1ccccc1)Nc1cc(Cl)cc(Cl)c1. The number of thioether (sulfide) groups is 1. The van der Waals surface area contributed by atoms with Crippen LogP contribution in [-0.2, 0) is 14.8 Å². The van der Waals surface area contributed by atoms with Crippen molar-refractivity contribution in [3.8, 4) is 0 Å². The average Bonchev–Trinajstić information content (AvgIpc) is 3.11. The molecule has 0 fully saturated rings. The van der Waals surface area contributed by atoms with E-state index in [1.165, 1.54) is 16.1 Å². The third-order valence-corrected chi connectivity index (χ3v) is 7.56. The van der Waals surface area contributed by atoms with Gasteiger partial charge in [0.2, 0.25) is 5.91 Å². The number of amides is 1. The molecule has 10 heteroatoms. The molecule has 0 spiro atoms. The van der Waals surface area contributed by atoms with Crippen molar-refractivity contribution in [2.45, 2.75) is 10.1 Å². The maximum absolute atomic E-state index is 13.3. The normalized spacial score (nSPS) is 11.5. The first-order valence-corrected chi connectivity index (χ1v) is 12.2. The van der Waals surface area contributed by atoms with E-state index in [0.29, 0.717) is 31.9 Å². The van der Waals surface area contributed by atoms with Crippen molar-refractivity contribution >= 4 is 67.6 Å². The number of imidazole rings is 1. The van der Waals surface area contributed by atoms with Gasteiger partial charge in [-0.2, -0.15) is 8.42 Å². The standard InChI is InChI=1S/C21H15Cl2N3O3S2/c22-14-10-15(23)12-16(11-14)24-20(27)13-30-21-25-18-8-4-5-9-19(18)26(21)31(28,29)17-6-2-1-3-7-17/h1-12H,13H2,(H,24,27)/p+1. The molecule has 1 heterocycles. The van der Waals surface area contributed by atoms with Gasteiger partial charge in [0.15, 0.2) is 11.0 Å². The number of aromatic nitrogens is 2. The molecule has 0 bridgehead atoms. The highest BCUT2D eigenvalue weighted by atomic mass is 35.5. The summed E-state index contributed by atoms with van der Waals surface area (Å²) in [5, 5.41) is 3.84. The molecule has 4 rings (SSSR count). The van der Waals surface area contributed by atoms with Crippen molar-refractivity contribution < 1.29 is 17.2 Å². The van der Waals surface area contributed by atoms with Crippen molar-refractivity contribution in [1.82, 2.24) is 4.98 Å². The lowest BCUT2D eigenvalue weighted by atomic mass is 10.3. The van der Waals surface area contributed by atoms with Gasteiger partial charge in [-0.15, -0.1) is 3.97 Å². The van der Waals surface area contributed by atoms with Crippen LogP contribution in [0.25, 0.3) is 11.0 Å². The minimum atomic E-state index is -3.87. The summed E-state index contributed by atoms with van der Waals surface area (Å²) in [5.74, 6) is -0.355. The van der Waals surface area contributed by atoms with Gasteiger partial charge in [-0.1, -0.05) is 53.5 Å². The van der Waals surface area contributed by atoms with E-state index in [1.807, 2.05) is 6.07 Å². The first-order chi connectivity index (χ1) is 14.8. The smallest absolute Gasteiger partial charge is 0.325 e.